The quantitative estimate of drug-likeness (QED) is 0.697. The zero-order valence-electron chi connectivity index (χ0n) is 8.70. The van der Waals surface area contributed by atoms with Crippen LogP contribution in [0.25, 0.3) is 0 Å². The Morgan fingerprint density at radius 1 is 1.29 bits per heavy atom. The molecule has 0 bridgehead atoms. The van der Waals surface area contributed by atoms with Crippen LogP contribution in [0.5, 0.6) is 0 Å². The molecule has 1 aliphatic rings. The lowest BCUT2D eigenvalue weighted by molar-refractivity contribution is 0.352. The molecule has 1 aromatic rings. The molecule has 0 saturated carbocycles. The summed E-state index contributed by atoms with van der Waals surface area (Å²) in [5.74, 6) is 0.518. The molecule has 76 valence electrons. The molecular weight excluding hydrogens is 177 g/mol. The fourth-order valence-electron chi connectivity index (χ4n) is 2.05. The van der Waals surface area contributed by atoms with E-state index in [1.54, 1.807) is 0 Å². The summed E-state index contributed by atoms with van der Waals surface area (Å²) in [6.45, 7) is 5.58. The van der Waals surface area contributed by atoms with Gasteiger partial charge in [-0.2, -0.15) is 0 Å². The van der Waals surface area contributed by atoms with Crippen molar-refractivity contribution in [2.45, 2.75) is 26.3 Å². The van der Waals surface area contributed by atoms with Gasteiger partial charge in [0, 0.05) is 18.3 Å². The Labute approximate surface area is 84.5 Å². The lowest BCUT2D eigenvalue weighted by atomic mass is 9.91. The van der Waals surface area contributed by atoms with Crippen LogP contribution < -0.4 is 4.90 Å². The Balaban J connectivity index is 2.12. The van der Waals surface area contributed by atoms with Crippen LogP contribution in [0.15, 0.2) is 24.3 Å². The average Bonchev–Trinajstić information content (AvgIpc) is 2.05. The highest BCUT2D eigenvalue weighted by Crippen LogP contribution is 2.30. The highest BCUT2D eigenvalue weighted by Gasteiger charge is 2.30. The van der Waals surface area contributed by atoms with Crippen molar-refractivity contribution in [3.63, 3.8) is 0 Å². The zero-order chi connectivity index (χ0) is 10.1. The summed E-state index contributed by atoms with van der Waals surface area (Å²) >= 11 is 0. The molecule has 0 aliphatic carbocycles. The molecule has 0 N–H and O–H groups in total. The predicted molar refractivity (Wildman–Crippen MR) is 57.0 cm³/mol. The van der Waals surface area contributed by atoms with Crippen LogP contribution in [0, 0.1) is 11.7 Å². The van der Waals surface area contributed by atoms with Crippen LogP contribution >= 0.6 is 0 Å². The molecule has 0 radical (unpaired) electrons. The summed E-state index contributed by atoms with van der Waals surface area (Å²) in [5, 5.41) is 0. The second kappa shape index (κ2) is 3.60. The van der Waals surface area contributed by atoms with Gasteiger partial charge in [0.25, 0.3) is 0 Å². The normalized spacial score (nSPS) is 21.1. The first-order chi connectivity index (χ1) is 6.68. The van der Waals surface area contributed by atoms with Gasteiger partial charge in [0.1, 0.15) is 5.82 Å². The number of anilines is 1. The molecule has 0 spiro atoms. The number of hydrogen-bond acceptors (Lipinski definition) is 1. The molecule has 1 atom stereocenters. The molecule has 1 aliphatic heterocycles. The second-order valence-corrected chi connectivity index (χ2v) is 4.27. The van der Waals surface area contributed by atoms with E-state index in [1.807, 2.05) is 12.1 Å². The molecule has 1 nitrogen and oxygen atoms in total. The largest absolute Gasteiger partial charge is 0.368 e. The van der Waals surface area contributed by atoms with Gasteiger partial charge in [-0.15, -0.1) is 0 Å². The van der Waals surface area contributed by atoms with E-state index >= 15 is 0 Å². The minimum atomic E-state index is -0.157. The topological polar surface area (TPSA) is 3.24 Å². The first kappa shape index (κ1) is 9.50. The SMILES string of the molecule is CC(C)C1CCN1c1ccc(F)cc1. The van der Waals surface area contributed by atoms with Crippen LogP contribution in [0.1, 0.15) is 20.3 Å². The maximum atomic E-state index is 12.7. The van der Waals surface area contributed by atoms with Crippen molar-refractivity contribution < 1.29 is 4.39 Å². The summed E-state index contributed by atoms with van der Waals surface area (Å²) < 4.78 is 12.7. The number of benzene rings is 1. The van der Waals surface area contributed by atoms with Crippen LogP contribution in [-0.4, -0.2) is 12.6 Å². The van der Waals surface area contributed by atoms with E-state index in [0.717, 1.165) is 12.2 Å². The van der Waals surface area contributed by atoms with Crippen molar-refractivity contribution in [1.29, 1.82) is 0 Å². The van der Waals surface area contributed by atoms with E-state index in [-0.39, 0.29) is 5.82 Å². The lowest BCUT2D eigenvalue weighted by Gasteiger charge is -2.45. The zero-order valence-corrected chi connectivity index (χ0v) is 8.70. The van der Waals surface area contributed by atoms with E-state index < -0.39 is 0 Å². The number of nitrogens with zero attached hydrogens (tertiary/aromatic N) is 1. The van der Waals surface area contributed by atoms with Crippen molar-refractivity contribution in [3.8, 4) is 0 Å². The van der Waals surface area contributed by atoms with Gasteiger partial charge in [-0.05, 0) is 36.6 Å². The lowest BCUT2D eigenvalue weighted by Crippen LogP contribution is -2.50. The summed E-state index contributed by atoms with van der Waals surface area (Å²) in [5.41, 5.74) is 1.15. The smallest absolute Gasteiger partial charge is 0.123 e. The van der Waals surface area contributed by atoms with Crippen molar-refractivity contribution in [2.24, 2.45) is 5.92 Å². The Morgan fingerprint density at radius 2 is 1.93 bits per heavy atom. The fraction of sp³-hybridized carbons (Fsp3) is 0.500. The molecule has 0 aromatic heterocycles. The Hall–Kier alpha value is -1.05. The number of halogens is 1. The van der Waals surface area contributed by atoms with E-state index in [2.05, 4.69) is 18.7 Å². The minimum absolute atomic E-state index is 0.157. The van der Waals surface area contributed by atoms with Crippen LogP contribution in [-0.2, 0) is 0 Å². The minimum Gasteiger partial charge on any atom is -0.368 e. The molecule has 14 heavy (non-hydrogen) atoms. The summed E-state index contributed by atoms with van der Waals surface area (Å²) in [6.07, 6.45) is 1.26. The fourth-order valence-corrected chi connectivity index (χ4v) is 2.05. The maximum absolute atomic E-state index is 12.7. The van der Waals surface area contributed by atoms with Gasteiger partial charge in [0.15, 0.2) is 0 Å². The maximum Gasteiger partial charge on any atom is 0.123 e. The van der Waals surface area contributed by atoms with Crippen LogP contribution in [0.3, 0.4) is 0 Å². The summed E-state index contributed by atoms with van der Waals surface area (Å²) in [6, 6.07) is 7.43. The Bertz CT molecular complexity index is 305. The summed E-state index contributed by atoms with van der Waals surface area (Å²) in [7, 11) is 0. The van der Waals surface area contributed by atoms with Gasteiger partial charge in [0.05, 0.1) is 0 Å². The van der Waals surface area contributed by atoms with Crippen LogP contribution in [0.4, 0.5) is 10.1 Å². The molecule has 1 unspecified atom stereocenters. The third kappa shape index (κ3) is 1.61. The van der Waals surface area contributed by atoms with E-state index in [1.165, 1.54) is 18.6 Å². The van der Waals surface area contributed by atoms with Crippen molar-refractivity contribution >= 4 is 5.69 Å². The highest BCUT2D eigenvalue weighted by molar-refractivity contribution is 5.49. The monoisotopic (exact) mass is 193 g/mol. The van der Waals surface area contributed by atoms with Gasteiger partial charge in [0.2, 0.25) is 0 Å². The molecular formula is C12H16FN. The Kier molecular flexibility index (Phi) is 2.44. The van der Waals surface area contributed by atoms with Gasteiger partial charge < -0.3 is 4.90 Å². The van der Waals surface area contributed by atoms with E-state index in [0.29, 0.717) is 12.0 Å². The third-order valence-electron chi connectivity index (χ3n) is 2.99. The molecule has 2 heteroatoms. The molecule has 0 amide bonds. The Morgan fingerprint density at radius 3 is 2.36 bits per heavy atom. The molecule has 1 heterocycles. The second-order valence-electron chi connectivity index (χ2n) is 4.27. The van der Waals surface area contributed by atoms with Crippen molar-refractivity contribution in [2.75, 3.05) is 11.4 Å². The van der Waals surface area contributed by atoms with E-state index in [4.69, 9.17) is 0 Å². The van der Waals surface area contributed by atoms with Gasteiger partial charge in [-0.3, -0.25) is 0 Å². The van der Waals surface area contributed by atoms with Gasteiger partial charge in [-0.1, -0.05) is 13.8 Å². The van der Waals surface area contributed by atoms with Gasteiger partial charge >= 0.3 is 0 Å². The number of rotatable bonds is 2. The highest BCUT2D eigenvalue weighted by atomic mass is 19.1. The molecule has 1 saturated heterocycles. The standard InChI is InChI=1S/C12H16FN/c1-9(2)12-7-8-14(12)11-5-3-10(13)4-6-11/h3-6,9,12H,7-8H2,1-2H3. The van der Waals surface area contributed by atoms with Crippen molar-refractivity contribution in [3.05, 3.63) is 30.1 Å². The molecule has 1 fully saturated rings. The predicted octanol–water partition coefficient (Wildman–Crippen LogP) is 3.06. The van der Waals surface area contributed by atoms with Gasteiger partial charge in [-0.25, -0.2) is 4.39 Å². The van der Waals surface area contributed by atoms with Crippen molar-refractivity contribution in [1.82, 2.24) is 0 Å². The third-order valence-corrected chi connectivity index (χ3v) is 2.99. The summed E-state index contributed by atoms with van der Waals surface area (Å²) in [4.78, 5) is 2.35. The number of hydrogen-bond donors (Lipinski definition) is 0. The molecule has 1 aromatic carbocycles. The van der Waals surface area contributed by atoms with E-state index in [9.17, 15) is 4.39 Å². The first-order valence-corrected chi connectivity index (χ1v) is 5.20. The average molecular weight is 193 g/mol. The molecule has 2 rings (SSSR count). The first-order valence-electron chi connectivity index (χ1n) is 5.20. The van der Waals surface area contributed by atoms with Crippen LogP contribution in [0.2, 0.25) is 0 Å².